The number of ether oxygens (including phenoxy) is 3. The Labute approximate surface area is 460 Å². The molecule has 0 aliphatic rings. The topological polar surface area (TPSA) is 61.8 Å². The lowest BCUT2D eigenvalue weighted by atomic mass is 10.1. The molecule has 0 fully saturated rings. The van der Waals surface area contributed by atoms with Crippen LogP contribution in [0.2, 0.25) is 0 Å². The fourth-order valence-corrected chi connectivity index (χ4v) is 9.05. The predicted molar refractivity (Wildman–Crippen MR) is 325 cm³/mol. The Morgan fingerprint density at radius 2 is 0.568 bits per heavy atom. The number of carbonyl (C=O) groups is 2. The number of carbonyl (C=O) groups excluding carboxylic acids is 2. The molecule has 0 aromatic carbocycles. The van der Waals surface area contributed by atoms with Gasteiger partial charge in [0.25, 0.3) is 0 Å². The van der Waals surface area contributed by atoms with Gasteiger partial charge in [0.15, 0.2) is 6.10 Å². The monoisotopic (exact) mass is 1030 g/mol. The van der Waals surface area contributed by atoms with Gasteiger partial charge in [0.2, 0.25) is 0 Å². The number of unbranched alkanes of at least 4 members (excludes halogenated alkanes) is 34. The lowest BCUT2D eigenvalue weighted by Gasteiger charge is -2.18. The van der Waals surface area contributed by atoms with Crippen molar-refractivity contribution >= 4 is 11.9 Å². The maximum atomic E-state index is 12.9. The van der Waals surface area contributed by atoms with Gasteiger partial charge in [-0.15, -0.1) is 0 Å². The molecule has 5 heteroatoms. The van der Waals surface area contributed by atoms with Gasteiger partial charge < -0.3 is 14.2 Å². The highest BCUT2D eigenvalue weighted by Gasteiger charge is 2.17. The van der Waals surface area contributed by atoms with E-state index < -0.39 is 6.10 Å². The van der Waals surface area contributed by atoms with Crippen molar-refractivity contribution in [3.8, 4) is 0 Å². The summed E-state index contributed by atoms with van der Waals surface area (Å²) in [6.07, 6.45) is 86.1. The Morgan fingerprint density at radius 3 is 0.946 bits per heavy atom. The summed E-state index contributed by atoms with van der Waals surface area (Å²) in [5, 5.41) is 0. The molecule has 0 radical (unpaired) electrons. The molecule has 74 heavy (non-hydrogen) atoms. The van der Waals surface area contributed by atoms with Crippen molar-refractivity contribution in [2.75, 3.05) is 19.8 Å². The van der Waals surface area contributed by atoms with Gasteiger partial charge >= 0.3 is 11.9 Å². The molecule has 0 bridgehead atoms. The first-order valence-electron chi connectivity index (χ1n) is 32.1. The van der Waals surface area contributed by atoms with Crippen LogP contribution in [0.3, 0.4) is 0 Å². The lowest BCUT2D eigenvalue weighted by Crippen LogP contribution is -2.30. The summed E-state index contributed by atoms with van der Waals surface area (Å²) in [6, 6.07) is 0. The molecule has 1 unspecified atom stereocenters. The van der Waals surface area contributed by atoms with Crippen molar-refractivity contribution in [1.29, 1.82) is 0 Å². The van der Waals surface area contributed by atoms with Crippen molar-refractivity contribution in [3.63, 3.8) is 0 Å². The van der Waals surface area contributed by atoms with Crippen LogP contribution in [-0.4, -0.2) is 37.9 Å². The van der Waals surface area contributed by atoms with Gasteiger partial charge in [0.05, 0.1) is 6.61 Å². The van der Waals surface area contributed by atoms with Gasteiger partial charge in [-0.2, -0.15) is 0 Å². The Hall–Kier alpha value is -2.92. The summed E-state index contributed by atoms with van der Waals surface area (Å²) in [7, 11) is 0. The number of rotatable bonds is 59. The molecule has 0 aliphatic heterocycles. The van der Waals surface area contributed by atoms with Crippen molar-refractivity contribution in [3.05, 3.63) is 85.1 Å². The third-order valence-electron chi connectivity index (χ3n) is 13.9. The molecule has 1 atom stereocenters. The third kappa shape index (κ3) is 61.6. The highest BCUT2D eigenvalue weighted by molar-refractivity contribution is 5.70. The maximum Gasteiger partial charge on any atom is 0.306 e. The third-order valence-corrected chi connectivity index (χ3v) is 13.9. The van der Waals surface area contributed by atoms with Crippen LogP contribution in [0, 0.1) is 0 Å². The van der Waals surface area contributed by atoms with Gasteiger partial charge in [-0.3, -0.25) is 9.59 Å². The van der Waals surface area contributed by atoms with Crippen LogP contribution in [0.15, 0.2) is 85.1 Å². The van der Waals surface area contributed by atoms with E-state index in [-0.39, 0.29) is 25.2 Å². The Kier molecular flexibility index (Phi) is 61.8. The van der Waals surface area contributed by atoms with Gasteiger partial charge in [-0.1, -0.05) is 266 Å². The van der Waals surface area contributed by atoms with Crippen molar-refractivity contribution in [2.45, 2.75) is 322 Å². The number of hydrogen-bond donors (Lipinski definition) is 0. The molecule has 0 aromatic rings. The smallest absolute Gasteiger partial charge is 0.306 e. The molecular weight excluding hydrogens is 909 g/mol. The van der Waals surface area contributed by atoms with Gasteiger partial charge in [-0.25, -0.2) is 0 Å². The Bertz CT molecular complexity index is 1350. The average Bonchev–Trinajstić information content (AvgIpc) is 3.40. The molecule has 0 rings (SSSR count). The molecule has 0 spiro atoms. The fourth-order valence-electron chi connectivity index (χ4n) is 9.05. The van der Waals surface area contributed by atoms with Gasteiger partial charge in [0.1, 0.15) is 6.61 Å². The number of esters is 2. The highest BCUT2D eigenvalue weighted by Crippen LogP contribution is 2.15. The van der Waals surface area contributed by atoms with Crippen molar-refractivity contribution in [2.24, 2.45) is 0 Å². The zero-order valence-electron chi connectivity index (χ0n) is 49.3. The molecule has 5 nitrogen and oxygen atoms in total. The SMILES string of the molecule is CCCCC/C=C\C/C=C\C/C=C\CCCCCCCCCOCC(COC(=O)CCCCCCCC/C=C\C/C=C\C/C=C\CCCCC)OC(=O)CCCCCCCCCCC/C=C\CCCCCCCC. The van der Waals surface area contributed by atoms with E-state index in [1.165, 1.54) is 205 Å². The Morgan fingerprint density at radius 1 is 0.297 bits per heavy atom. The summed E-state index contributed by atoms with van der Waals surface area (Å²) < 4.78 is 17.5. The van der Waals surface area contributed by atoms with E-state index in [2.05, 4.69) is 106 Å². The average molecular weight is 1030 g/mol. The molecule has 0 heterocycles. The number of allylic oxidation sites excluding steroid dienone is 14. The second-order valence-electron chi connectivity index (χ2n) is 21.3. The fraction of sp³-hybridized carbons (Fsp3) is 0.768. The van der Waals surface area contributed by atoms with Crippen LogP contribution < -0.4 is 0 Å². The van der Waals surface area contributed by atoms with Crippen molar-refractivity contribution < 1.29 is 23.8 Å². The van der Waals surface area contributed by atoms with E-state index in [1.54, 1.807) is 0 Å². The second kappa shape index (κ2) is 64.4. The zero-order valence-corrected chi connectivity index (χ0v) is 49.3. The van der Waals surface area contributed by atoms with Crippen LogP contribution in [-0.2, 0) is 23.8 Å². The summed E-state index contributed by atoms with van der Waals surface area (Å²) in [4.78, 5) is 25.6. The molecule has 0 saturated carbocycles. The zero-order chi connectivity index (χ0) is 53.4. The first kappa shape index (κ1) is 71.1. The minimum atomic E-state index is -0.554. The van der Waals surface area contributed by atoms with E-state index >= 15 is 0 Å². The molecule has 0 aromatic heterocycles. The summed E-state index contributed by atoms with van der Waals surface area (Å²) in [6.45, 7) is 7.77. The first-order valence-corrected chi connectivity index (χ1v) is 32.1. The lowest BCUT2D eigenvalue weighted by molar-refractivity contribution is -0.163. The normalized spacial score (nSPS) is 12.7. The van der Waals surface area contributed by atoms with E-state index in [4.69, 9.17) is 14.2 Å². The van der Waals surface area contributed by atoms with Crippen LogP contribution in [0.1, 0.15) is 316 Å². The quantitative estimate of drug-likeness (QED) is 0.0345. The van der Waals surface area contributed by atoms with Crippen LogP contribution in [0.5, 0.6) is 0 Å². The van der Waals surface area contributed by atoms with Gasteiger partial charge in [-0.05, 0) is 122 Å². The van der Waals surface area contributed by atoms with E-state index in [0.29, 0.717) is 19.4 Å². The van der Waals surface area contributed by atoms with Crippen LogP contribution in [0.25, 0.3) is 0 Å². The molecule has 0 aliphatic carbocycles. The summed E-state index contributed by atoms with van der Waals surface area (Å²) in [5.74, 6) is -0.410. The highest BCUT2D eigenvalue weighted by atomic mass is 16.6. The summed E-state index contributed by atoms with van der Waals surface area (Å²) in [5.41, 5.74) is 0. The van der Waals surface area contributed by atoms with Gasteiger partial charge in [0, 0.05) is 19.4 Å². The summed E-state index contributed by atoms with van der Waals surface area (Å²) >= 11 is 0. The molecular formula is C69H122O5. The van der Waals surface area contributed by atoms with Crippen LogP contribution >= 0.6 is 0 Å². The molecule has 428 valence electrons. The van der Waals surface area contributed by atoms with E-state index in [9.17, 15) is 9.59 Å². The minimum Gasteiger partial charge on any atom is -0.462 e. The van der Waals surface area contributed by atoms with Crippen molar-refractivity contribution in [1.82, 2.24) is 0 Å². The molecule has 0 N–H and O–H groups in total. The Balaban J connectivity index is 4.33. The second-order valence-corrected chi connectivity index (χ2v) is 21.3. The maximum absolute atomic E-state index is 12.9. The largest absolute Gasteiger partial charge is 0.462 e. The number of hydrogen-bond acceptors (Lipinski definition) is 5. The molecule has 0 saturated heterocycles. The van der Waals surface area contributed by atoms with E-state index in [0.717, 1.165) is 77.0 Å². The van der Waals surface area contributed by atoms with Crippen LogP contribution in [0.4, 0.5) is 0 Å². The molecule has 0 amide bonds. The minimum absolute atomic E-state index is 0.0717. The first-order chi connectivity index (χ1) is 36.6. The standard InChI is InChI=1S/C69H122O5/c1-4-7-10-13-16-19-22-25-28-31-34-37-40-43-46-49-52-55-58-61-64-72-65-67(74-69(71)63-60-57-54-51-48-45-42-39-36-33-30-27-24-21-18-15-12-9-6-3)66-73-68(70)62-59-56-53-50-47-44-41-38-35-32-29-26-23-20-17-14-11-8-5-2/h16-17,19-20,25-30,34-35,37-38,67H,4-15,18,21-24,31-33,36,39-66H2,1-3H3/b19-16-,20-17-,28-25-,29-26-,30-27-,37-34-,38-35-. The van der Waals surface area contributed by atoms with E-state index in [1.807, 2.05) is 0 Å². The predicted octanol–water partition coefficient (Wildman–Crippen LogP) is 22.4.